The van der Waals surface area contributed by atoms with E-state index in [0.717, 1.165) is 0 Å². The zero-order chi connectivity index (χ0) is 13.7. The molecule has 0 aromatic carbocycles. The second-order valence-corrected chi connectivity index (χ2v) is 10.3. The number of nitrogens with one attached hydrogen (secondary N) is 1. The maximum atomic E-state index is 12.5. The lowest BCUT2D eigenvalue weighted by Crippen LogP contribution is -2.41. The van der Waals surface area contributed by atoms with Crippen LogP contribution in [0.2, 0.25) is 18.1 Å². The quantitative estimate of drug-likeness (QED) is 0.749. The van der Waals surface area contributed by atoms with Crippen LogP contribution in [-0.4, -0.2) is 32.7 Å². The second-order valence-electron chi connectivity index (χ2n) is 5.48. The number of carbonyl (C=O) groups is 1. The standard InChI is InChI=1S/C11H22FNO3Si/c1-11(2,3)17(4,5)16-8-9(6-12)7-13-10(14)15/h6,13H,7-8H2,1-5H3,(H,14,15). The average molecular weight is 263 g/mol. The van der Waals surface area contributed by atoms with E-state index >= 15 is 0 Å². The maximum Gasteiger partial charge on any atom is 0.404 e. The third-order valence-electron chi connectivity index (χ3n) is 3.05. The Morgan fingerprint density at radius 2 is 2.00 bits per heavy atom. The highest BCUT2D eigenvalue weighted by Crippen LogP contribution is 2.36. The Hall–Kier alpha value is -0.883. The zero-order valence-electron chi connectivity index (χ0n) is 11.1. The minimum absolute atomic E-state index is 0.0412. The highest BCUT2D eigenvalue weighted by molar-refractivity contribution is 6.74. The molecule has 0 heterocycles. The predicted octanol–water partition coefficient (Wildman–Crippen LogP) is 3.13. The molecule has 2 N–H and O–H groups in total. The van der Waals surface area contributed by atoms with Crippen molar-refractivity contribution in [1.29, 1.82) is 0 Å². The van der Waals surface area contributed by atoms with Crippen LogP contribution in [0.4, 0.5) is 9.18 Å². The third-order valence-corrected chi connectivity index (χ3v) is 7.52. The Kier molecular flexibility index (Phi) is 5.84. The monoisotopic (exact) mass is 263 g/mol. The summed E-state index contributed by atoms with van der Waals surface area (Å²) in [5.41, 5.74) is 0.303. The molecule has 4 nitrogen and oxygen atoms in total. The van der Waals surface area contributed by atoms with Crippen molar-refractivity contribution in [3.8, 4) is 0 Å². The van der Waals surface area contributed by atoms with Gasteiger partial charge < -0.3 is 14.8 Å². The van der Waals surface area contributed by atoms with Gasteiger partial charge in [-0.15, -0.1) is 0 Å². The first-order valence-electron chi connectivity index (χ1n) is 5.49. The minimum atomic E-state index is -1.92. The van der Waals surface area contributed by atoms with Crippen molar-refractivity contribution >= 4 is 14.4 Å². The molecule has 0 unspecified atom stereocenters. The molecule has 100 valence electrons. The summed E-state index contributed by atoms with van der Waals surface area (Å²) in [6, 6.07) is 0. The summed E-state index contributed by atoms with van der Waals surface area (Å²) in [4.78, 5) is 10.3. The molecule has 17 heavy (non-hydrogen) atoms. The number of hydrogen-bond acceptors (Lipinski definition) is 2. The van der Waals surface area contributed by atoms with Crippen LogP contribution in [0.5, 0.6) is 0 Å². The molecular weight excluding hydrogens is 241 g/mol. The predicted molar refractivity (Wildman–Crippen MR) is 68.4 cm³/mol. The van der Waals surface area contributed by atoms with Crippen molar-refractivity contribution in [1.82, 2.24) is 5.32 Å². The molecule has 0 aliphatic heterocycles. The van der Waals surface area contributed by atoms with E-state index in [1.165, 1.54) is 0 Å². The van der Waals surface area contributed by atoms with E-state index in [2.05, 4.69) is 39.2 Å². The van der Waals surface area contributed by atoms with Gasteiger partial charge in [-0.3, -0.25) is 0 Å². The molecule has 6 heteroatoms. The zero-order valence-corrected chi connectivity index (χ0v) is 12.1. The van der Waals surface area contributed by atoms with Gasteiger partial charge >= 0.3 is 6.09 Å². The van der Waals surface area contributed by atoms with Crippen LogP contribution in [0.15, 0.2) is 11.9 Å². The van der Waals surface area contributed by atoms with Gasteiger partial charge in [0, 0.05) is 12.1 Å². The Bertz CT molecular complexity index is 298. The van der Waals surface area contributed by atoms with Gasteiger partial charge in [0.1, 0.15) is 0 Å². The van der Waals surface area contributed by atoms with Crippen LogP contribution >= 0.6 is 0 Å². The molecule has 0 atom stereocenters. The Labute approximate surface area is 103 Å². The van der Waals surface area contributed by atoms with Gasteiger partial charge in [0.05, 0.1) is 12.9 Å². The Balaban J connectivity index is 4.30. The lowest BCUT2D eigenvalue weighted by molar-refractivity contribution is 0.195. The maximum absolute atomic E-state index is 12.5. The first kappa shape index (κ1) is 16.1. The second kappa shape index (κ2) is 6.16. The van der Waals surface area contributed by atoms with Crippen molar-refractivity contribution < 1.29 is 18.7 Å². The average Bonchev–Trinajstić information content (AvgIpc) is 2.15. The van der Waals surface area contributed by atoms with Crippen LogP contribution in [0.3, 0.4) is 0 Å². The number of rotatable bonds is 5. The van der Waals surface area contributed by atoms with E-state index in [1.54, 1.807) is 0 Å². The summed E-state index contributed by atoms with van der Waals surface area (Å²) in [6.07, 6.45) is -0.764. The smallest absolute Gasteiger partial charge is 0.404 e. The molecule has 0 bridgehead atoms. The van der Waals surface area contributed by atoms with Crippen molar-refractivity contribution in [2.45, 2.75) is 38.9 Å². The van der Waals surface area contributed by atoms with Gasteiger partial charge in [-0.2, -0.15) is 0 Å². The Morgan fingerprint density at radius 3 is 2.35 bits per heavy atom. The lowest BCUT2D eigenvalue weighted by atomic mass is 10.2. The fraction of sp³-hybridized carbons (Fsp3) is 0.727. The molecule has 0 radical (unpaired) electrons. The Morgan fingerprint density at radius 1 is 1.47 bits per heavy atom. The number of amides is 1. The fourth-order valence-electron chi connectivity index (χ4n) is 0.800. The van der Waals surface area contributed by atoms with E-state index in [4.69, 9.17) is 9.53 Å². The van der Waals surface area contributed by atoms with Gasteiger partial charge in [0.2, 0.25) is 0 Å². The largest absolute Gasteiger partial charge is 0.465 e. The summed E-state index contributed by atoms with van der Waals surface area (Å²) >= 11 is 0. The number of halogens is 1. The van der Waals surface area contributed by atoms with E-state index in [1.807, 2.05) is 0 Å². The van der Waals surface area contributed by atoms with Gasteiger partial charge in [-0.25, -0.2) is 9.18 Å². The molecule has 0 aromatic heterocycles. The summed E-state index contributed by atoms with van der Waals surface area (Å²) in [7, 11) is -1.92. The first-order chi connectivity index (χ1) is 7.60. The SMILES string of the molecule is CC(C)(C)[Si](C)(C)OCC(=CF)CNC(=O)O. The van der Waals surface area contributed by atoms with E-state index in [-0.39, 0.29) is 18.2 Å². The topological polar surface area (TPSA) is 58.6 Å². The summed E-state index contributed by atoms with van der Waals surface area (Å²) in [6.45, 7) is 10.5. The number of hydrogen-bond donors (Lipinski definition) is 2. The highest BCUT2D eigenvalue weighted by Gasteiger charge is 2.37. The van der Waals surface area contributed by atoms with Crippen molar-refractivity contribution in [2.75, 3.05) is 13.2 Å². The molecule has 0 spiro atoms. The van der Waals surface area contributed by atoms with Crippen LogP contribution in [0.25, 0.3) is 0 Å². The van der Waals surface area contributed by atoms with Crippen molar-refractivity contribution in [3.63, 3.8) is 0 Å². The summed E-state index contributed by atoms with van der Waals surface area (Å²) in [5, 5.41) is 10.6. The minimum Gasteiger partial charge on any atom is -0.465 e. The fourth-order valence-corrected chi connectivity index (χ4v) is 1.78. The lowest BCUT2D eigenvalue weighted by Gasteiger charge is -2.36. The molecular formula is C11H22FNO3Si. The molecule has 1 amide bonds. The van der Waals surface area contributed by atoms with Gasteiger partial charge in [0.15, 0.2) is 8.32 Å². The van der Waals surface area contributed by atoms with Crippen LogP contribution < -0.4 is 5.32 Å². The normalized spacial score (nSPS) is 13.6. The van der Waals surface area contributed by atoms with Crippen LogP contribution in [0, 0.1) is 0 Å². The van der Waals surface area contributed by atoms with E-state index < -0.39 is 14.4 Å². The molecule has 0 aliphatic rings. The van der Waals surface area contributed by atoms with Crippen LogP contribution in [0.1, 0.15) is 20.8 Å². The molecule has 0 rings (SSSR count). The molecule has 0 fully saturated rings. The van der Waals surface area contributed by atoms with Crippen molar-refractivity contribution in [3.05, 3.63) is 11.9 Å². The first-order valence-corrected chi connectivity index (χ1v) is 8.40. The molecule has 0 saturated heterocycles. The molecule has 0 aromatic rings. The molecule has 0 saturated carbocycles. The molecule has 0 aliphatic carbocycles. The summed E-state index contributed by atoms with van der Waals surface area (Å²) in [5.74, 6) is 0. The van der Waals surface area contributed by atoms with Gasteiger partial charge in [-0.1, -0.05) is 20.8 Å². The van der Waals surface area contributed by atoms with Gasteiger partial charge in [-0.05, 0) is 18.1 Å². The summed E-state index contributed by atoms with van der Waals surface area (Å²) < 4.78 is 18.3. The van der Waals surface area contributed by atoms with Gasteiger partial charge in [0.25, 0.3) is 0 Å². The van der Waals surface area contributed by atoms with E-state index in [9.17, 15) is 9.18 Å². The van der Waals surface area contributed by atoms with Crippen molar-refractivity contribution in [2.24, 2.45) is 0 Å². The number of carboxylic acid groups (broad SMARTS) is 1. The van der Waals surface area contributed by atoms with E-state index in [0.29, 0.717) is 11.9 Å². The van der Waals surface area contributed by atoms with Crippen LogP contribution in [-0.2, 0) is 4.43 Å². The highest BCUT2D eigenvalue weighted by atomic mass is 28.4. The third kappa shape index (κ3) is 5.83.